The highest BCUT2D eigenvalue weighted by Crippen LogP contribution is 2.25. The van der Waals surface area contributed by atoms with Crippen LogP contribution in [-0.4, -0.2) is 38.6 Å². The molecule has 1 aliphatic rings. The highest BCUT2D eigenvalue weighted by Gasteiger charge is 2.23. The predicted octanol–water partition coefficient (Wildman–Crippen LogP) is 1.88. The largest absolute Gasteiger partial charge is 0.396 e. The summed E-state index contributed by atoms with van der Waals surface area (Å²) in [7, 11) is 0. The molecule has 0 bridgehead atoms. The summed E-state index contributed by atoms with van der Waals surface area (Å²) in [5.74, 6) is 0.245. The molecule has 116 valence electrons. The Labute approximate surface area is 132 Å². The van der Waals surface area contributed by atoms with E-state index in [1.807, 2.05) is 0 Å². The molecule has 1 aliphatic carbocycles. The van der Waals surface area contributed by atoms with E-state index in [-0.39, 0.29) is 18.6 Å². The summed E-state index contributed by atoms with van der Waals surface area (Å²) in [6.07, 6.45) is 8.60. The fourth-order valence-corrected chi connectivity index (χ4v) is 3.41. The second-order valence-corrected chi connectivity index (χ2v) is 6.36. The summed E-state index contributed by atoms with van der Waals surface area (Å²) < 4.78 is 0. The minimum absolute atomic E-state index is 0.140. The first kappa shape index (κ1) is 15.1. The normalized spacial score (nSPS) is 21.5. The topological polar surface area (TPSA) is 88.0 Å². The zero-order valence-electron chi connectivity index (χ0n) is 12.1. The van der Waals surface area contributed by atoms with E-state index in [1.165, 1.54) is 11.3 Å². The number of hydrogen-bond donors (Lipinski definition) is 2. The molecule has 1 fully saturated rings. The number of carbonyl (C=O) groups excluding carboxylic acids is 1. The number of carbonyl (C=O) groups is 1. The zero-order valence-corrected chi connectivity index (χ0v) is 12.9. The van der Waals surface area contributed by atoms with Crippen molar-refractivity contribution in [3.8, 4) is 10.7 Å². The molecular weight excluding hydrogens is 300 g/mol. The summed E-state index contributed by atoms with van der Waals surface area (Å²) in [5.41, 5.74) is 1.10. The van der Waals surface area contributed by atoms with Crippen LogP contribution in [0.4, 0.5) is 0 Å². The predicted molar refractivity (Wildman–Crippen MR) is 83.4 cm³/mol. The van der Waals surface area contributed by atoms with Gasteiger partial charge in [-0.05, 0) is 31.6 Å². The third kappa shape index (κ3) is 3.48. The lowest BCUT2D eigenvalue weighted by atomic mass is 9.86. The quantitative estimate of drug-likeness (QED) is 0.898. The van der Waals surface area contributed by atoms with Crippen LogP contribution < -0.4 is 5.32 Å². The Hall–Kier alpha value is -1.86. The van der Waals surface area contributed by atoms with Crippen LogP contribution in [0.2, 0.25) is 0 Å². The van der Waals surface area contributed by atoms with Crippen molar-refractivity contribution in [1.29, 1.82) is 0 Å². The highest BCUT2D eigenvalue weighted by molar-refractivity contribution is 7.13. The van der Waals surface area contributed by atoms with Crippen molar-refractivity contribution in [3.05, 3.63) is 29.7 Å². The number of amides is 1. The van der Waals surface area contributed by atoms with Gasteiger partial charge in [0, 0.05) is 30.4 Å². The Balaban J connectivity index is 1.60. The SMILES string of the molecule is O=C(NC1CCC(CO)CC1)c1csc(-c2cnccn2)n1. The van der Waals surface area contributed by atoms with Gasteiger partial charge in [-0.1, -0.05) is 0 Å². The molecule has 2 N–H and O–H groups in total. The number of hydrogen-bond acceptors (Lipinski definition) is 6. The van der Waals surface area contributed by atoms with E-state index in [4.69, 9.17) is 5.11 Å². The summed E-state index contributed by atoms with van der Waals surface area (Å²) in [6.45, 7) is 0.244. The fourth-order valence-electron chi connectivity index (χ4n) is 2.65. The van der Waals surface area contributed by atoms with Gasteiger partial charge >= 0.3 is 0 Å². The number of aliphatic hydroxyl groups is 1. The number of aromatic nitrogens is 3. The molecule has 1 saturated carbocycles. The van der Waals surface area contributed by atoms with Crippen LogP contribution in [0, 0.1) is 5.92 Å². The first-order valence-corrected chi connectivity index (χ1v) is 8.28. The van der Waals surface area contributed by atoms with Crippen molar-refractivity contribution in [1.82, 2.24) is 20.3 Å². The molecule has 3 rings (SSSR count). The number of thiazole rings is 1. The van der Waals surface area contributed by atoms with Crippen molar-refractivity contribution >= 4 is 17.2 Å². The van der Waals surface area contributed by atoms with Gasteiger partial charge in [0.05, 0.1) is 6.20 Å². The molecule has 0 spiro atoms. The van der Waals surface area contributed by atoms with E-state index in [0.29, 0.717) is 22.3 Å². The molecule has 0 atom stereocenters. The lowest BCUT2D eigenvalue weighted by Crippen LogP contribution is -2.38. The second kappa shape index (κ2) is 6.93. The fraction of sp³-hybridized carbons (Fsp3) is 0.467. The van der Waals surface area contributed by atoms with Crippen molar-refractivity contribution < 1.29 is 9.90 Å². The molecule has 6 nitrogen and oxygen atoms in total. The van der Waals surface area contributed by atoms with Crippen molar-refractivity contribution in [2.24, 2.45) is 5.92 Å². The molecule has 0 saturated heterocycles. The zero-order chi connectivity index (χ0) is 15.4. The van der Waals surface area contributed by atoms with Gasteiger partial charge in [-0.2, -0.15) is 0 Å². The first-order chi connectivity index (χ1) is 10.8. The summed E-state index contributed by atoms with van der Waals surface area (Å²) in [5, 5.41) is 14.6. The molecule has 0 aromatic carbocycles. The van der Waals surface area contributed by atoms with E-state index < -0.39 is 0 Å². The lowest BCUT2D eigenvalue weighted by Gasteiger charge is -2.27. The molecule has 7 heteroatoms. The van der Waals surface area contributed by atoms with E-state index in [0.717, 1.165) is 25.7 Å². The van der Waals surface area contributed by atoms with Gasteiger partial charge in [-0.25, -0.2) is 4.98 Å². The van der Waals surface area contributed by atoms with E-state index in [1.54, 1.807) is 24.0 Å². The summed E-state index contributed by atoms with van der Waals surface area (Å²) in [4.78, 5) is 24.8. The molecule has 0 aliphatic heterocycles. The molecule has 1 amide bonds. The molecule has 2 heterocycles. The van der Waals surface area contributed by atoms with Gasteiger partial charge in [0.1, 0.15) is 16.4 Å². The van der Waals surface area contributed by atoms with Gasteiger partial charge in [0.2, 0.25) is 0 Å². The van der Waals surface area contributed by atoms with Gasteiger partial charge < -0.3 is 10.4 Å². The van der Waals surface area contributed by atoms with Crippen LogP contribution in [0.15, 0.2) is 24.0 Å². The van der Waals surface area contributed by atoms with Crippen LogP contribution in [0.5, 0.6) is 0 Å². The third-order valence-electron chi connectivity index (χ3n) is 3.96. The molecule has 22 heavy (non-hydrogen) atoms. The van der Waals surface area contributed by atoms with E-state index in [9.17, 15) is 4.79 Å². The Bertz CT molecular complexity index is 623. The summed E-state index contributed by atoms with van der Waals surface area (Å²) >= 11 is 1.39. The molecule has 0 unspecified atom stereocenters. The van der Waals surface area contributed by atoms with Crippen molar-refractivity contribution in [2.45, 2.75) is 31.7 Å². The third-order valence-corrected chi connectivity index (χ3v) is 4.82. The number of rotatable bonds is 4. The minimum atomic E-state index is -0.140. The smallest absolute Gasteiger partial charge is 0.270 e. The molecule has 2 aromatic heterocycles. The van der Waals surface area contributed by atoms with Crippen LogP contribution in [0.3, 0.4) is 0 Å². The van der Waals surface area contributed by atoms with Gasteiger partial charge in [0.25, 0.3) is 5.91 Å². The first-order valence-electron chi connectivity index (χ1n) is 7.40. The minimum Gasteiger partial charge on any atom is -0.396 e. The monoisotopic (exact) mass is 318 g/mol. The second-order valence-electron chi connectivity index (χ2n) is 5.50. The molecule has 2 aromatic rings. The van der Waals surface area contributed by atoms with Crippen LogP contribution in [0.1, 0.15) is 36.2 Å². The number of aliphatic hydroxyl groups excluding tert-OH is 1. The Kier molecular flexibility index (Phi) is 4.74. The maximum Gasteiger partial charge on any atom is 0.270 e. The maximum atomic E-state index is 12.3. The number of nitrogens with zero attached hydrogens (tertiary/aromatic N) is 3. The van der Waals surface area contributed by atoms with Gasteiger partial charge in [0.15, 0.2) is 0 Å². The van der Waals surface area contributed by atoms with E-state index in [2.05, 4.69) is 20.3 Å². The van der Waals surface area contributed by atoms with Crippen molar-refractivity contribution in [2.75, 3.05) is 6.61 Å². The molecular formula is C15H18N4O2S. The Morgan fingerprint density at radius 3 is 2.82 bits per heavy atom. The Morgan fingerprint density at radius 2 is 2.14 bits per heavy atom. The van der Waals surface area contributed by atoms with Crippen LogP contribution in [0.25, 0.3) is 10.7 Å². The maximum absolute atomic E-state index is 12.3. The van der Waals surface area contributed by atoms with Gasteiger partial charge in [-0.3, -0.25) is 14.8 Å². The van der Waals surface area contributed by atoms with E-state index >= 15 is 0 Å². The average Bonchev–Trinajstić information content (AvgIpc) is 3.06. The number of nitrogens with one attached hydrogen (secondary N) is 1. The van der Waals surface area contributed by atoms with Crippen LogP contribution in [-0.2, 0) is 0 Å². The molecule has 0 radical (unpaired) electrons. The van der Waals surface area contributed by atoms with Crippen LogP contribution >= 0.6 is 11.3 Å². The lowest BCUT2D eigenvalue weighted by molar-refractivity contribution is 0.0909. The highest BCUT2D eigenvalue weighted by atomic mass is 32.1. The standard InChI is InChI=1S/C15H18N4O2S/c20-8-10-1-3-11(4-2-10)18-14(21)13-9-22-15(19-13)12-7-16-5-6-17-12/h5-7,9-11,20H,1-4,8H2,(H,18,21). The Morgan fingerprint density at radius 1 is 1.32 bits per heavy atom. The van der Waals surface area contributed by atoms with Gasteiger partial charge in [-0.15, -0.1) is 11.3 Å². The average molecular weight is 318 g/mol. The summed E-state index contributed by atoms with van der Waals surface area (Å²) in [6, 6.07) is 0.178. The van der Waals surface area contributed by atoms with Crippen molar-refractivity contribution in [3.63, 3.8) is 0 Å².